The van der Waals surface area contributed by atoms with E-state index in [0.717, 1.165) is 0 Å². The van der Waals surface area contributed by atoms with Crippen molar-refractivity contribution >= 4 is 84.8 Å². The van der Waals surface area contributed by atoms with Crippen molar-refractivity contribution in [3.63, 3.8) is 0 Å². The topological polar surface area (TPSA) is 126 Å². The lowest BCUT2D eigenvalue weighted by molar-refractivity contribution is -0.149. The molecule has 0 aromatic heterocycles. The van der Waals surface area contributed by atoms with Crippen LogP contribution in [0.5, 0.6) is 0 Å². The molecule has 0 amide bonds. The minimum atomic E-state index is -2.57. The van der Waals surface area contributed by atoms with E-state index < -0.39 is 87.0 Å². The molecule has 2 aliphatic rings. The molecule has 12 nitrogen and oxygen atoms in total. The Morgan fingerprint density at radius 1 is 0.500 bits per heavy atom. The minimum absolute atomic E-state index is 0.0135. The predicted octanol–water partition coefficient (Wildman–Crippen LogP) is 8.58. The van der Waals surface area contributed by atoms with Gasteiger partial charge in [-0.3, -0.25) is 0 Å². The van der Waals surface area contributed by atoms with Crippen molar-refractivity contribution in [1.29, 1.82) is 0 Å². The van der Waals surface area contributed by atoms with E-state index in [2.05, 4.69) is 55.4 Å². The summed E-state index contributed by atoms with van der Waals surface area (Å²) in [6.07, 6.45) is 2.50. The van der Waals surface area contributed by atoms with Crippen LogP contribution in [0.4, 0.5) is 0 Å². The van der Waals surface area contributed by atoms with Gasteiger partial charge in [0.25, 0.3) is 0 Å². The molecule has 2 unspecified atom stereocenters. The lowest BCUT2D eigenvalue weighted by atomic mass is 9.78. The molecule has 0 N–H and O–H groups in total. The van der Waals surface area contributed by atoms with Crippen molar-refractivity contribution in [1.82, 2.24) is 0 Å². The number of hydrogen-bond donors (Lipinski definition) is 0. The van der Waals surface area contributed by atoms with Gasteiger partial charge in [-0.1, -0.05) is 83.1 Å². The summed E-state index contributed by atoms with van der Waals surface area (Å²) in [5, 5.41) is -0.900. The van der Waals surface area contributed by atoms with Crippen LogP contribution in [0.25, 0.3) is 0 Å². The van der Waals surface area contributed by atoms with Crippen LogP contribution in [-0.2, 0) is 52.0 Å². The second-order valence-electron chi connectivity index (χ2n) is 19.0. The third-order valence-electron chi connectivity index (χ3n) is 10.8. The molecule has 0 aromatic carbocycles. The summed E-state index contributed by atoms with van der Waals surface area (Å²) in [7, 11) is -14.5. The number of ether oxygens (including phenoxy) is 2. The molecule has 2 fully saturated rings. The van der Waals surface area contributed by atoms with Gasteiger partial charge in [0.1, 0.15) is 12.2 Å². The van der Waals surface area contributed by atoms with Crippen LogP contribution in [-0.4, -0.2) is 97.0 Å². The predicted molar refractivity (Wildman–Crippen MR) is 234 cm³/mol. The van der Waals surface area contributed by atoms with Crippen molar-refractivity contribution in [2.75, 3.05) is 0 Å². The third-order valence-corrected chi connectivity index (χ3v) is 35.1. The quantitative estimate of drug-likeness (QED) is 0.0837. The van der Waals surface area contributed by atoms with Gasteiger partial charge in [-0.15, -0.1) is 0 Å². The molecule has 2 rings (SSSR count). The minimum Gasteiger partial charge on any atom is -0.459 e. The van der Waals surface area contributed by atoms with Crippen molar-refractivity contribution in [3.8, 4) is 0 Å². The fourth-order valence-electron chi connectivity index (χ4n) is 7.23. The van der Waals surface area contributed by atoms with Crippen molar-refractivity contribution < 1.29 is 52.0 Å². The van der Waals surface area contributed by atoms with E-state index in [1.54, 1.807) is 0 Å². The van der Waals surface area contributed by atoms with E-state index in [9.17, 15) is 9.59 Å². The molecule has 2 aliphatic heterocycles. The van der Waals surface area contributed by atoms with E-state index in [1.165, 1.54) is 12.2 Å². The van der Waals surface area contributed by atoms with Crippen molar-refractivity contribution in [3.05, 3.63) is 12.2 Å². The summed E-state index contributed by atoms with van der Waals surface area (Å²) < 4.78 is 64.5. The van der Waals surface area contributed by atoms with E-state index in [-0.39, 0.29) is 55.5 Å². The highest BCUT2D eigenvalue weighted by Gasteiger charge is 2.58. The number of esters is 2. The first-order valence-corrected chi connectivity index (χ1v) is 35.8. The van der Waals surface area contributed by atoms with E-state index in [0.29, 0.717) is 12.8 Å². The molecule has 6 radical (unpaired) electrons. The lowest BCUT2D eigenvalue weighted by Gasteiger charge is -2.50. The van der Waals surface area contributed by atoms with Gasteiger partial charge in [-0.2, -0.15) is 0 Å². The maximum atomic E-state index is 13.5. The molecule has 0 aliphatic carbocycles. The van der Waals surface area contributed by atoms with Gasteiger partial charge in [0.2, 0.25) is 0 Å². The maximum absolute atomic E-state index is 13.5. The summed E-state index contributed by atoms with van der Waals surface area (Å²) in [5.74, 6) is -0.678. The zero-order chi connectivity index (χ0) is 43.2. The Bertz CT molecular complexity index is 1160. The molecule has 0 saturated carbocycles. The highest BCUT2D eigenvalue weighted by Crippen LogP contribution is 2.54. The molecule has 56 heavy (non-hydrogen) atoms. The summed E-state index contributed by atoms with van der Waals surface area (Å²) in [5.41, 5.74) is 0. The van der Waals surface area contributed by atoms with Gasteiger partial charge in [0.05, 0.1) is 0 Å². The van der Waals surface area contributed by atoms with Gasteiger partial charge >= 0.3 is 84.8 Å². The molecule has 0 aromatic rings. The summed E-state index contributed by atoms with van der Waals surface area (Å²) in [6.45, 7) is 41.9. The lowest BCUT2D eigenvalue weighted by Crippen LogP contribution is -2.60. The van der Waals surface area contributed by atoms with Crippen LogP contribution in [0.2, 0.25) is 62.5 Å². The molecule has 322 valence electrons. The average molecular weight is 924 g/mol. The van der Waals surface area contributed by atoms with Gasteiger partial charge in [-0.05, 0) is 101 Å². The van der Waals surface area contributed by atoms with Crippen molar-refractivity contribution in [2.45, 2.75) is 171 Å². The van der Waals surface area contributed by atoms with Gasteiger partial charge in [0, 0.05) is 22.2 Å². The Kier molecular flexibility index (Phi) is 19.4. The number of carbonyl (C=O) groups excluding carboxylic acids is 2. The molecule has 20 heteroatoms. The van der Waals surface area contributed by atoms with E-state index in [1.807, 2.05) is 80.1 Å². The SMILES string of the molecule is CC(C)C(CC(C(C)C)(C(C)C)[Si]1O[Si](C)(C)O[Si]O[Si](C)(C)O1)OC(=O)/C=C/C(=O)OC(CC(C(C)C)(C(C)C)[Si]1O[Si](C)(C)O[Si]O[Si](C)(C)O1)C(C)C. The number of rotatable bonds is 16. The third kappa shape index (κ3) is 14.3. The maximum Gasteiger partial charge on any atom is 0.413 e. The van der Waals surface area contributed by atoms with Crippen LogP contribution in [0.15, 0.2) is 12.2 Å². The zero-order valence-corrected chi connectivity index (χ0v) is 46.1. The van der Waals surface area contributed by atoms with Crippen molar-refractivity contribution in [2.24, 2.45) is 35.5 Å². The Labute approximate surface area is 353 Å². The zero-order valence-electron chi connectivity index (χ0n) is 38.1. The van der Waals surface area contributed by atoms with Crippen LogP contribution in [0.1, 0.15) is 95.9 Å². The summed E-state index contributed by atoms with van der Waals surface area (Å²) >= 11 is 0. The average Bonchev–Trinajstić information content (AvgIpc) is 3.00. The summed E-state index contributed by atoms with van der Waals surface area (Å²) in [4.78, 5) is 27.1. The first-order chi connectivity index (χ1) is 25.4. The van der Waals surface area contributed by atoms with Gasteiger partial charge in [-0.25, -0.2) is 9.59 Å². The molecule has 0 spiro atoms. The Hall–Kier alpha value is 0.0951. The standard InChI is InChI=1S/C36H74O12Si8/c1-25(2)31(23-35(27(5)6,28(7)8)51-45-53(13,14)41-49-42-54(15,16)46-51)39-33(37)21-22-34(38)40-32(26(3)4)24-36(29(9)10,30(11)12)52-47-55(17,18)43-50-44-56(19,20)48-52/h21-22,25-32H,23-24H2,1-20H3/b22-21+. The number of carbonyl (C=O) groups is 2. The fourth-order valence-corrected chi connectivity index (χ4v) is 27.6. The van der Waals surface area contributed by atoms with Crippen LogP contribution >= 0.6 is 0 Å². The fraction of sp³-hybridized carbons (Fsp3) is 0.889. The normalized spacial score (nSPS) is 22.7. The molecule has 0 bridgehead atoms. The van der Waals surface area contributed by atoms with Crippen LogP contribution in [0, 0.1) is 35.5 Å². The molecule has 2 saturated heterocycles. The first kappa shape index (κ1) is 52.2. The monoisotopic (exact) mass is 922 g/mol. The highest BCUT2D eigenvalue weighted by atomic mass is 28.5. The van der Waals surface area contributed by atoms with Crippen LogP contribution in [0.3, 0.4) is 0 Å². The summed E-state index contributed by atoms with van der Waals surface area (Å²) in [6, 6.07) is 0. The molecule has 2 atom stereocenters. The van der Waals surface area contributed by atoms with Gasteiger partial charge in [0.15, 0.2) is 0 Å². The van der Waals surface area contributed by atoms with E-state index in [4.69, 9.17) is 42.4 Å². The Morgan fingerprint density at radius 2 is 0.732 bits per heavy atom. The Balaban J connectivity index is 2.38. The largest absolute Gasteiger partial charge is 0.459 e. The Morgan fingerprint density at radius 3 is 0.929 bits per heavy atom. The van der Waals surface area contributed by atoms with E-state index >= 15 is 0 Å². The smallest absolute Gasteiger partial charge is 0.413 e. The highest BCUT2D eigenvalue weighted by molar-refractivity contribution is 6.84. The number of hydrogen-bond acceptors (Lipinski definition) is 12. The van der Waals surface area contributed by atoms with Gasteiger partial charge < -0.3 is 42.4 Å². The molecular formula is C36H74O12Si8. The second-order valence-corrected chi connectivity index (χ2v) is 40.1. The molecular weight excluding hydrogens is 849 g/mol. The van der Waals surface area contributed by atoms with Crippen LogP contribution < -0.4 is 0 Å². The second kappa shape index (κ2) is 20.8. The molecule has 2 heterocycles. The first-order valence-electron chi connectivity index (χ1n) is 20.2.